The highest BCUT2D eigenvalue weighted by atomic mass is 35.5. The topological polar surface area (TPSA) is 84.7 Å². The van der Waals surface area contributed by atoms with Crippen LogP contribution >= 0.6 is 11.6 Å². The number of halogens is 2. The van der Waals surface area contributed by atoms with Crippen LogP contribution < -0.4 is 4.74 Å². The number of nitrogens with zero attached hydrogens (tertiary/aromatic N) is 3. The SMILES string of the molecule is COc1ccc(/C(O)=C2\C(=O)C(=O)N(CCCn3ccnc3)[C@@H]2c2cccc(F)c2)cc1Cl. The second kappa shape index (κ2) is 9.46. The number of Topliss-reactive ketones (excluding diaryl/α,β-unsaturated/α-hetero) is 1. The van der Waals surface area contributed by atoms with E-state index in [4.69, 9.17) is 16.3 Å². The van der Waals surface area contributed by atoms with E-state index in [1.54, 1.807) is 30.9 Å². The molecule has 4 rings (SSSR count). The Kier molecular flexibility index (Phi) is 6.46. The molecule has 170 valence electrons. The van der Waals surface area contributed by atoms with Crippen LogP contribution in [0, 0.1) is 5.82 Å². The summed E-state index contributed by atoms with van der Waals surface area (Å²) in [5.41, 5.74) is 0.520. The molecular weight excluding hydrogens is 449 g/mol. The van der Waals surface area contributed by atoms with Gasteiger partial charge in [0.2, 0.25) is 0 Å². The first kappa shape index (κ1) is 22.5. The van der Waals surface area contributed by atoms with Gasteiger partial charge in [-0.15, -0.1) is 0 Å². The number of benzene rings is 2. The highest BCUT2D eigenvalue weighted by Gasteiger charge is 2.45. The van der Waals surface area contributed by atoms with Gasteiger partial charge in [-0.2, -0.15) is 0 Å². The molecule has 1 saturated heterocycles. The Balaban J connectivity index is 1.75. The molecule has 1 amide bonds. The number of rotatable bonds is 7. The summed E-state index contributed by atoms with van der Waals surface area (Å²) in [5.74, 6) is -2.09. The monoisotopic (exact) mass is 469 g/mol. The predicted molar refractivity (Wildman–Crippen MR) is 120 cm³/mol. The Morgan fingerprint density at radius 3 is 2.70 bits per heavy atom. The van der Waals surface area contributed by atoms with E-state index in [1.807, 2.05) is 4.57 Å². The Labute approximate surface area is 194 Å². The van der Waals surface area contributed by atoms with E-state index in [0.29, 0.717) is 24.3 Å². The highest BCUT2D eigenvalue weighted by molar-refractivity contribution is 6.46. The molecule has 7 nitrogen and oxygen atoms in total. The van der Waals surface area contributed by atoms with E-state index in [9.17, 15) is 19.1 Å². The van der Waals surface area contributed by atoms with Gasteiger partial charge in [0, 0.05) is 31.0 Å². The van der Waals surface area contributed by atoms with Crippen molar-refractivity contribution in [3.63, 3.8) is 0 Å². The van der Waals surface area contributed by atoms with Crippen LogP contribution in [0.4, 0.5) is 4.39 Å². The fourth-order valence-electron chi connectivity index (χ4n) is 3.95. The zero-order valence-electron chi connectivity index (χ0n) is 17.7. The van der Waals surface area contributed by atoms with Crippen molar-refractivity contribution in [1.82, 2.24) is 14.5 Å². The van der Waals surface area contributed by atoms with Crippen LogP contribution in [0.2, 0.25) is 5.02 Å². The number of aryl methyl sites for hydroxylation is 1. The molecule has 3 aromatic rings. The molecule has 1 atom stereocenters. The summed E-state index contributed by atoms with van der Waals surface area (Å²) < 4.78 is 21.0. The van der Waals surface area contributed by atoms with Gasteiger partial charge in [-0.05, 0) is 42.3 Å². The molecule has 2 heterocycles. The van der Waals surface area contributed by atoms with Crippen molar-refractivity contribution in [3.05, 3.63) is 88.7 Å². The highest BCUT2D eigenvalue weighted by Crippen LogP contribution is 2.40. The van der Waals surface area contributed by atoms with Crippen molar-refractivity contribution in [3.8, 4) is 5.75 Å². The average Bonchev–Trinajstić information content (AvgIpc) is 3.41. The number of hydrogen-bond acceptors (Lipinski definition) is 5. The van der Waals surface area contributed by atoms with Gasteiger partial charge in [0.15, 0.2) is 0 Å². The Bertz CT molecular complexity index is 1230. The van der Waals surface area contributed by atoms with Crippen molar-refractivity contribution in [1.29, 1.82) is 0 Å². The summed E-state index contributed by atoms with van der Waals surface area (Å²) >= 11 is 6.19. The van der Waals surface area contributed by atoms with Gasteiger partial charge in [0.1, 0.15) is 17.3 Å². The van der Waals surface area contributed by atoms with Gasteiger partial charge < -0.3 is 19.3 Å². The van der Waals surface area contributed by atoms with Crippen molar-refractivity contribution in [2.45, 2.75) is 19.0 Å². The number of ketones is 1. The molecule has 2 aromatic carbocycles. The summed E-state index contributed by atoms with van der Waals surface area (Å²) in [6.07, 6.45) is 5.64. The fraction of sp³-hybridized carbons (Fsp3) is 0.208. The Morgan fingerprint density at radius 1 is 1.21 bits per heavy atom. The van der Waals surface area contributed by atoms with Crippen molar-refractivity contribution < 1.29 is 23.8 Å². The number of imidazole rings is 1. The smallest absolute Gasteiger partial charge is 0.295 e. The van der Waals surface area contributed by atoms with Gasteiger partial charge >= 0.3 is 0 Å². The largest absolute Gasteiger partial charge is 0.507 e. The lowest BCUT2D eigenvalue weighted by atomic mass is 9.95. The lowest BCUT2D eigenvalue weighted by molar-refractivity contribution is -0.139. The number of carbonyl (C=O) groups excluding carboxylic acids is 2. The van der Waals surface area contributed by atoms with Crippen LogP contribution in [0.3, 0.4) is 0 Å². The van der Waals surface area contributed by atoms with Gasteiger partial charge in [0.05, 0.1) is 30.1 Å². The van der Waals surface area contributed by atoms with Crippen LogP contribution in [0.1, 0.15) is 23.6 Å². The van der Waals surface area contributed by atoms with E-state index in [1.165, 1.54) is 42.3 Å². The second-order valence-electron chi connectivity index (χ2n) is 7.55. The number of aliphatic hydroxyl groups is 1. The molecule has 0 radical (unpaired) electrons. The minimum Gasteiger partial charge on any atom is -0.507 e. The molecule has 9 heteroatoms. The zero-order valence-corrected chi connectivity index (χ0v) is 18.5. The van der Waals surface area contributed by atoms with Crippen LogP contribution in [0.25, 0.3) is 5.76 Å². The quantitative estimate of drug-likeness (QED) is 0.318. The number of ether oxygens (including phenoxy) is 1. The van der Waals surface area contributed by atoms with E-state index in [0.717, 1.165) is 0 Å². The summed E-state index contributed by atoms with van der Waals surface area (Å²) in [4.78, 5) is 31.3. The number of aromatic nitrogens is 2. The summed E-state index contributed by atoms with van der Waals surface area (Å²) in [7, 11) is 1.46. The molecule has 1 aliphatic heterocycles. The first-order valence-corrected chi connectivity index (χ1v) is 10.6. The first-order chi connectivity index (χ1) is 15.9. The van der Waals surface area contributed by atoms with E-state index in [-0.39, 0.29) is 28.5 Å². The van der Waals surface area contributed by atoms with Crippen LogP contribution in [-0.2, 0) is 16.1 Å². The Hall–Kier alpha value is -3.65. The number of hydrogen-bond donors (Lipinski definition) is 1. The normalized spacial score (nSPS) is 17.5. The summed E-state index contributed by atoms with van der Waals surface area (Å²) in [6, 6.07) is 9.25. The second-order valence-corrected chi connectivity index (χ2v) is 7.96. The third-order valence-electron chi connectivity index (χ3n) is 5.50. The molecule has 1 aromatic heterocycles. The van der Waals surface area contributed by atoms with Gasteiger partial charge in [-0.25, -0.2) is 9.37 Å². The molecule has 0 aliphatic carbocycles. The van der Waals surface area contributed by atoms with Gasteiger partial charge in [-0.3, -0.25) is 9.59 Å². The van der Waals surface area contributed by atoms with Crippen molar-refractivity contribution in [2.75, 3.05) is 13.7 Å². The number of amides is 1. The summed E-state index contributed by atoms with van der Waals surface area (Å²) in [5, 5.41) is 11.3. The standard InChI is InChI=1S/C24H21ClFN3O4/c1-33-19-7-6-16(13-18(19)25)22(30)20-21(15-4-2-5-17(26)12-15)29(24(32)23(20)31)10-3-9-28-11-8-27-14-28/h2,4-8,11-14,21,30H,3,9-10H2,1H3/b22-20+/t21-/m1/s1. The lowest BCUT2D eigenvalue weighted by Crippen LogP contribution is -2.31. The van der Waals surface area contributed by atoms with Crippen molar-refractivity contribution >= 4 is 29.1 Å². The summed E-state index contributed by atoms with van der Waals surface area (Å²) in [6.45, 7) is 0.803. The first-order valence-electron chi connectivity index (χ1n) is 10.2. The van der Waals surface area contributed by atoms with Crippen LogP contribution in [0.5, 0.6) is 5.75 Å². The minimum atomic E-state index is -0.940. The van der Waals surface area contributed by atoms with E-state index < -0.39 is 23.5 Å². The molecular formula is C24H21ClFN3O4. The molecule has 1 N–H and O–H groups in total. The maximum atomic E-state index is 14.1. The van der Waals surface area contributed by atoms with Gasteiger partial charge in [-0.1, -0.05) is 23.7 Å². The number of likely N-dealkylation sites (tertiary alicyclic amines) is 1. The lowest BCUT2D eigenvalue weighted by Gasteiger charge is -2.25. The molecule has 1 aliphatic rings. The minimum absolute atomic E-state index is 0.116. The van der Waals surface area contributed by atoms with Crippen LogP contribution in [0.15, 0.2) is 66.8 Å². The maximum Gasteiger partial charge on any atom is 0.295 e. The number of carbonyl (C=O) groups is 2. The van der Waals surface area contributed by atoms with E-state index in [2.05, 4.69) is 4.98 Å². The zero-order chi connectivity index (χ0) is 23.5. The fourth-order valence-corrected chi connectivity index (χ4v) is 4.20. The maximum absolute atomic E-state index is 14.1. The third-order valence-corrected chi connectivity index (χ3v) is 5.80. The molecule has 1 fully saturated rings. The third kappa shape index (κ3) is 4.47. The van der Waals surface area contributed by atoms with Crippen LogP contribution in [-0.4, -0.2) is 44.9 Å². The number of aliphatic hydroxyl groups excluding tert-OH is 1. The van der Waals surface area contributed by atoms with Gasteiger partial charge in [0.25, 0.3) is 11.7 Å². The average molecular weight is 470 g/mol. The number of methoxy groups -OCH3 is 1. The predicted octanol–water partition coefficient (Wildman–Crippen LogP) is 4.20. The molecule has 0 saturated carbocycles. The van der Waals surface area contributed by atoms with E-state index >= 15 is 0 Å². The van der Waals surface area contributed by atoms with Crippen molar-refractivity contribution in [2.24, 2.45) is 0 Å². The molecule has 0 bridgehead atoms. The molecule has 33 heavy (non-hydrogen) atoms. The molecule has 0 unspecified atom stereocenters. The Morgan fingerprint density at radius 2 is 2.03 bits per heavy atom. The molecule has 0 spiro atoms.